The van der Waals surface area contributed by atoms with Gasteiger partial charge in [0, 0.05) is 24.2 Å². The van der Waals surface area contributed by atoms with Gasteiger partial charge in [0.25, 0.3) is 0 Å². The highest BCUT2D eigenvalue weighted by Crippen LogP contribution is 2.31. The van der Waals surface area contributed by atoms with Gasteiger partial charge in [0.1, 0.15) is 5.60 Å². The molecule has 1 atom stereocenters. The Morgan fingerprint density at radius 3 is 2.69 bits per heavy atom. The summed E-state index contributed by atoms with van der Waals surface area (Å²) in [4.78, 5) is 14.5. The molecule has 0 bridgehead atoms. The highest BCUT2D eigenvalue weighted by atomic mass is 16.6. The molecule has 0 N–H and O–H groups in total. The van der Waals surface area contributed by atoms with E-state index in [1.807, 2.05) is 37.6 Å². The molecule has 0 unspecified atom stereocenters. The molecule has 1 aromatic heterocycles. The summed E-state index contributed by atoms with van der Waals surface area (Å²) >= 11 is 0. The highest BCUT2D eigenvalue weighted by molar-refractivity contribution is 5.87. The van der Waals surface area contributed by atoms with Crippen LogP contribution >= 0.6 is 0 Å². The van der Waals surface area contributed by atoms with Crippen molar-refractivity contribution in [2.75, 3.05) is 6.54 Å². The van der Waals surface area contributed by atoms with Gasteiger partial charge in [0.15, 0.2) is 0 Å². The third-order valence-corrected chi connectivity index (χ3v) is 4.46. The average Bonchev–Trinajstić information content (AvgIpc) is 2.96. The van der Waals surface area contributed by atoms with E-state index in [0.717, 1.165) is 28.6 Å². The summed E-state index contributed by atoms with van der Waals surface area (Å²) < 4.78 is 7.60. The van der Waals surface area contributed by atoms with Crippen LogP contribution in [0, 0.1) is 5.92 Å². The van der Waals surface area contributed by atoms with E-state index in [1.54, 1.807) is 4.90 Å². The maximum absolute atomic E-state index is 12.7. The summed E-state index contributed by atoms with van der Waals surface area (Å²) in [6.45, 7) is 12.7. The Hall–Kier alpha value is -2.30. The molecule has 0 aliphatic carbocycles. The maximum Gasteiger partial charge on any atom is 0.414 e. The van der Waals surface area contributed by atoms with Gasteiger partial charge < -0.3 is 4.74 Å². The Kier molecular flexibility index (Phi) is 4.82. The molecule has 5 heteroatoms. The zero-order chi connectivity index (χ0) is 19.1. The van der Waals surface area contributed by atoms with E-state index in [-0.39, 0.29) is 6.09 Å². The molecule has 3 rings (SSSR count). The van der Waals surface area contributed by atoms with Gasteiger partial charge in [-0.25, -0.2) is 4.79 Å². The third kappa shape index (κ3) is 3.92. The number of nitrogens with zero attached hydrogens (tertiary/aromatic N) is 3. The van der Waals surface area contributed by atoms with Gasteiger partial charge in [-0.15, -0.1) is 0 Å². The van der Waals surface area contributed by atoms with Crippen molar-refractivity contribution < 1.29 is 9.53 Å². The molecular formula is C21H29N3O2. The minimum Gasteiger partial charge on any atom is -0.443 e. The van der Waals surface area contributed by atoms with E-state index < -0.39 is 5.60 Å². The van der Waals surface area contributed by atoms with Crippen molar-refractivity contribution in [1.29, 1.82) is 0 Å². The van der Waals surface area contributed by atoms with Gasteiger partial charge in [-0.2, -0.15) is 5.10 Å². The molecule has 1 aliphatic rings. The summed E-state index contributed by atoms with van der Waals surface area (Å²) in [6, 6.07) is 6.49. The molecule has 2 aromatic rings. The normalized spacial score (nSPS) is 18.3. The van der Waals surface area contributed by atoms with E-state index in [2.05, 4.69) is 44.2 Å². The molecule has 0 fully saturated rings. The van der Waals surface area contributed by atoms with Crippen molar-refractivity contribution in [3.8, 4) is 0 Å². The number of aromatic nitrogens is 2. The van der Waals surface area contributed by atoms with Crippen LogP contribution in [-0.4, -0.2) is 32.9 Å². The Morgan fingerprint density at radius 1 is 1.31 bits per heavy atom. The van der Waals surface area contributed by atoms with Gasteiger partial charge in [-0.3, -0.25) is 9.58 Å². The predicted molar refractivity (Wildman–Crippen MR) is 105 cm³/mol. The molecular weight excluding hydrogens is 326 g/mol. The molecule has 1 amide bonds. The van der Waals surface area contributed by atoms with E-state index in [1.165, 1.54) is 0 Å². The predicted octanol–water partition coefficient (Wildman–Crippen LogP) is 5.24. The lowest BCUT2D eigenvalue weighted by atomic mass is 9.98. The number of carbonyl (C=O) groups excluding carboxylic acids is 1. The molecule has 0 saturated carbocycles. The number of hydrogen-bond donors (Lipinski definition) is 0. The lowest BCUT2D eigenvalue weighted by Gasteiger charge is -2.33. The van der Waals surface area contributed by atoms with Crippen LogP contribution in [0.15, 0.2) is 30.5 Å². The first kappa shape index (κ1) is 18.5. The summed E-state index contributed by atoms with van der Waals surface area (Å²) in [5, 5.41) is 5.69. The van der Waals surface area contributed by atoms with Gasteiger partial charge in [0.2, 0.25) is 0 Å². The number of amides is 1. The zero-order valence-corrected chi connectivity index (χ0v) is 16.6. The van der Waals surface area contributed by atoms with Crippen molar-refractivity contribution in [3.63, 3.8) is 0 Å². The van der Waals surface area contributed by atoms with Crippen LogP contribution in [-0.2, 0) is 4.74 Å². The fourth-order valence-electron chi connectivity index (χ4n) is 3.14. The van der Waals surface area contributed by atoms with Crippen LogP contribution < -0.4 is 0 Å². The average molecular weight is 355 g/mol. The topological polar surface area (TPSA) is 47.4 Å². The zero-order valence-electron chi connectivity index (χ0n) is 16.6. The van der Waals surface area contributed by atoms with Crippen LogP contribution in [0.25, 0.3) is 16.6 Å². The van der Waals surface area contributed by atoms with Gasteiger partial charge in [-0.05, 0) is 64.7 Å². The molecule has 1 aliphatic heterocycles. The second-order valence-electron chi connectivity index (χ2n) is 8.50. The Morgan fingerprint density at radius 2 is 2.04 bits per heavy atom. The molecule has 2 heterocycles. The van der Waals surface area contributed by atoms with E-state index >= 15 is 0 Å². The Labute approximate surface area is 155 Å². The maximum atomic E-state index is 12.7. The number of hydrogen-bond acceptors (Lipinski definition) is 3. The number of ether oxygens (including phenoxy) is 1. The molecule has 0 spiro atoms. The second kappa shape index (κ2) is 6.78. The van der Waals surface area contributed by atoms with Crippen LogP contribution in [0.4, 0.5) is 4.79 Å². The van der Waals surface area contributed by atoms with Crippen LogP contribution in [0.3, 0.4) is 0 Å². The standard InChI is InChI=1S/C21H29N3O2/c1-14(2)24-13-17-11-16(8-9-18(17)22-24)19-10-7-15(3)12-23(19)20(25)26-21(4,5)6/h8-11,13-15H,7,12H2,1-6H3/t15-/m0/s1. The largest absolute Gasteiger partial charge is 0.443 e. The van der Waals surface area contributed by atoms with Gasteiger partial charge in [-0.1, -0.05) is 19.1 Å². The minimum atomic E-state index is -0.509. The van der Waals surface area contributed by atoms with E-state index in [4.69, 9.17) is 4.74 Å². The number of carbonyl (C=O) groups is 1. The first-order chi connectivity index (χ1) is 12.1. The number of rotatable bonds is 2. The van der Waals surface area contributed by atoms with Crippen molar-refractivity contribution in [3.05, 3.63) is 36.0 Å². The number of fused-ring (bicyclic) bond motifs is 1. The number of allylic oxidation sites excluding steroid dienone is 1. The van der Waals surface area contributed by atoms with Crippen molar-refractivity contribution in [1.82, 2.24) is 14.7 Å². The molecule has 140 valence electrons. The SMILES string of the molecule is CC(C)n1cc2cc(C3=CC[C@H](C)CN3C(=O)OC(C)(C)C)ccc2n1. The molecule has 0 radical (unpaired) electrons. The van der Waals surface area contributed by atoms with Gasteiger partial charge in [0.05, 0.1) is 11.2 Å². The summed E-state index contributed by atoms with van der Waals surface area (Å²) in [5.41, 5.74) is 2.41. The Balaban J connectivity index is 1.96. The summed E-state index contributed by atoms with van der Waals surface area (Å²) in [5.74, 6) is 0.415. The fourth-order valence-corrected chi connectivity index (χ4v) is 3.14. The fraction of sp³-hybridized carbons (Fsp3) is 0.524. The van der Waals surface area contributed by atoms with Crippen molar-refractivity contribution in [2.45, 2.75) is 59.6 Å². The quantitative estimate of drug-likeness (QED) is 0.740. The minimum absolute atomic E-state index is 0.284. The highest BCUT2D eigenvalue weighted by Gasteiger charge is 2.29. The van der Waals surface area contributed by atoms with Crippen molar-refractivity contribution in [2.24, 2.45) is 5.92 Å². The third-order valence-electron chi connectivity index (χ3n) is 4.46. The van der Waals surface area contributed by atoms with Crippen molar-refractivity contribution >= 4 is 22.7 Å². The van der Waals surface area contributed by atoms with Crippen LogP contribution in [0.2, 0.25) is 0 Å². The van der Waals surface area contributed by atoms with Crippen LogP contribution in [0.1, 0.15) is 59.6 Å². The second-order valence-corrected chi connectivity index (χ2v) is 8.50. The lowest BCUT2D eigenvalue weighted by molar-refractivity contribution is 0.0327. The first-order valence-corrected chi connectivity index (χ1v) is 9.34. The van der Waals surface area contributed by atoms with E-state index in [9.17, 15) is 4.79 Å². The smallest absolute Gasteiger partial charge is 0.414 e. The molecule has 1 aromatic carbocycles. The first-order valence-electron chi connectivity index (χ1n) is 9.34. The molecule has 0 saturated heterocycles. The summed E-state index contributed by atoms with van der Waals surface area (Å²) in [7, 11) is 0. The van der Waals surface area contributed by atoms with E-state index in [0.29, 0.717) is 18.5 Å². The lowest BCUT2D eigenvalue weighted by Crippen LogP contribution is -2.39. The monoisotopic (exact) mass is 355 g/mol. The molecule has 5 nitrogen and oxygen atoms in total. The van der Waals surface area contributed by atoms with Crippen LogP contribution in [0.5, 0.6) is 0 Å². The number of benzene rings is 1. The summed E-state index contributed by atoms with van der Waals surface area (Å²) in [6.07, 6.45) is 4.88. The van der Waals surface area contributed by atoms with Gasteiger partial charge >= 0.3 is 6.09 Å². The Bertz CT molecular complexity index is 843. The molecule has 26 heavy (non-hydrogen) atoms.